The monoisotopic (exact) mass is 225 g/mol. The van der Waals surface area contributed by atoms with E-state index in [-0.39, 0.29) is 0 Å². The van der Waals surface area contributed by atoms with Crippen molar-refractivity contribution in [3.05, 3.63) is 16.1 Å². The zero-order valence-electron chi connectivity index (χ0n) is 9.44. The SMILES string of the molecule is Cc1ncsc1CN(C)C1CCC1CN. The van der Waals surface area contributed by atoms with Gasteiger partial charge in [-0.2, -0.15) is 0 Å². The largest absolute Gasteiger partial charge is 0.330 e. The van der Waals surface area contributed by atoms with Crippen molar-refractivity contribution in [3.63, 3.8) is 0 Å². The Labute approximate surface area is 95.3 Å². The molecule has 1 saturated carbocycles. The Morgan fingerprint density at radius 1 is 1.60 bits per heavy atom. The van der Waals surface area contributed by atoms with E-state index in [2.05, 4.69) is 23.9 Å². The fraction of sp³-hybridized carbons (Fsp3) is 0.727. The maximum Gasteiger partial charge on any atom is 0.0798 e. The lowest BCUT2D eigenvalue weighted by atomic mass is 9.79. The average Bonchev–Trinajstić information content (AvgIpc) is 2.50. The highest BCUT2D eigenvalue weighted by Crippen LogP contribution is 2.31. The third kappa shape index (κ3) is 2.22. The van der Waals surface area contributed by atoms with E-state index < -0.39 is 0 Å². The van der Waals surface area contributed by atoms with E-state index in [1.54, 1.807) is 11.3 Å². The molecule has 1 fully saturated rings. The number of aryl methyl sites for hydroxylation is 1. The molecule has 0 amide bonds. The molecule has 0 radical (unpaired) electrons. The molecule has 0 aliphatic heterocycles. The van der Waals surface area contributed by atoms with E-state index in [4.69, 9.17) is 5.73 Å². The van der Waals surface area contributed by atoms with Crippen molar-refractivity contribution in [2.24, 2.45) is 11.7 Å². The highest BCUT2D eigenvalue weighted by Gasteiger charge is 2.32. The van der Waals surface area contributed by atoms with Gasteiger partial charge in [0.15, 0.2) is 0 Å². The summed E-state index contributed by atoms with van der Waals surface area (Å²) in [6.45, 7) is 3.94. The first-order valence-corrected chi connectivity index (χ1v) is 6.39. The minimum atomic E-state index is 0.691. The van der Waals surface area contributed by atoms with Crippen molar-refractivity contribution in [2.75, 3.05) is 13.6 Å². The van der Waals surface area contributed by atoms with Crippen LogP contribution in [-0.4, -0.2) is 29.5 Å². The van der Waals surface area contributed by atoms with Crippen LogP contribution in [0.4, 0.5) is 0 Å². The van der Waals surface area contributed by atoms with Crippen LogP contribution >= 0.6 is 11.3 Å². The van der Waals surface area contributed by atoms with Crippen molar-refractivity contribution in [3.8, 4) is 0 Å². The molecule has 15 heavy (non-hydrogen) atoms. The molecule has 1 aromatic rings. The molecule has 0 spiro atoms. The van der Waals surface area contributed by atoms with Crippen LogP contribution in [0.3, 0.4) is 0 Å². The van der Waals surface area contributed by atoms with Crippen LogP contribution in [0, 0.1) is 12.8 Å². The second kappa shape index (κ2) is 4.60. The lowest BCUT2D eigenvalue weighted by Crippen LogP contribution is -2.47. The number of nitrogens with two attached hydrogens (primary N) is 1. The number of thiazole rings is 1. The zero-order valence-corrected chi connectivity index (χ0v) is 10.3. The first-order chi connectivity index (χ1) is 7.22. The summed E-state index contributed by atoms with van der Waals surface area (Å²) in [5, 5.41) is 0. The van der Waals surface area contributed by atoms with Gasteiger partial charge >= 0.3 is 0 Å². The number of hydrogen-bond donors (Lipinski definition) is 1. The summed E-state index contributed by atoms with van der Waals surface area (Å²) in [6, 6.07) is 0.691. The van der Waals surface area contributed by atoms with Gasteiger partial charge in [-0.25, -0.2) is 4.98 Å². The smallest absolute Gasteiger partial charge is 0.0798 e. The van der Waals surface area contributed by atoms with Gasteiger partial charge in [-0.15, -0.1) is 11.3 Å². The Morgan fingerprint density at radius 3 is 2.87 bits per heavy atom. The summed E-state index contributed by atoms with van der Waals surface area (Å²) in [6.07, 6.45) is 2.60. The molecule has 1 aliphatic carbocycles. The summed E-state index contributed by atoms with van der Waals surface area (Å²) in [4.78, 5) is 8.10. The van der Waals surface area contributed by atoms with Crippen LogP contribution in [-0.2, 0) is 6.54 Å². The van der Waals surface area contributed by atoms with Crippen molar-refractivity contribution in [2.45, 2.75) is 32.4 Å². The molecule has 84 valence electrons. The van der Waals surface area contributed by atoms with Gasteiger partial charge in [0.2, 0.25) is 0 Å². The van der Waals surface area contributed by atoms with E-state index >= 15 is 0 Å². The molecule has 2 N–H and O–H groups in total. The summed E-state index contributed by atoms with van der Waals surface area (Å²) in [5.74, 6) is 0.711. The number of rotatable bonds is 4. The normalized spacial score (nSPS) is 25.6. The summed E-state index contributed by atoms with van der Waals surface area (Å²) in [5.41, 5.74) is 8.84. The maximum atomic E-state index is 5.73. The van der Waals surface area contributed by atoms with Crippen LogP contribution < -0.4 is 5.73 Å². The number of aromatic nitrogens is 1. The lowest BCUT2D eigenvalue weighted by molar-refractivity contribution is 0.0844. The molecule has 3 nitrogen and oxygen atoms in total. The minimum Gasteiger partial charge on any atom is -0.330 e. The zero-order chi connectivity index (χ0) is 10.8. The second-order valence-electron chi connectivity index (χ2n) is 4.42. The second-order valence-corrected chi connectivity index (χ2v) is 5.36. The van der Waals surface area contributed by atoms with Crippen LogP contribution in [0.25, 0.3) is 0 Å². The van der Waals surface area contributed by atoms with Crippen molar-refractivity contribution in [1.29, 1.82) is 0 Å². The van der Waals surface area contributed by atoms with Crippen LogP contribution in [0.15, 0.2) is 5.51 Å². The predicted octanol–water partition coefficient (Wildman–Crippen LogP) is 1.62. The predicted molar refractivity (Wildman–Crippen MR) is 63.9 cm³/mol. The van der Waals surface area contributed by atoms with Crippen molar-refractivity contribution < 1.29 is 0 Å². The van der Waals surface area contributed by atoms with Gasteiger partial charge in [-0.3, -0.25) is 4.90 Å². The maximum absolute atomic E-state index is 5.73. The third-order valence-electron chi connectivity index (χ3n) is 3.48. The first kappa shape index (κ1) is 11.0. The standard InChI is InChI=1S/C11H19N3S/c1-8-11(15-7-13-8)6-14(2)10-4-3-9(10)5-12/h7,9-10H,3-6,12H2,1-2H3. The molecular formula is C11H19N3S. The molecule has 1 aromatic heterocycles. The highest BCUT2D eigenvalue weighted by atomic mass is 32.1. The summed E-state index contributed by atoms with van der Waals surface area (Å²) in [7, 11) is 2.20. The Hall–Kier alpha value is -0.450. The third-order valence-corrected chi connectivity index (χ3v) is 4.40. The van der Waals surface area contributed by atoms with Crippen molar-refractivity contribution >= 4 is 11.3 Å². The minimum absolute atomic E-state index is 0.691. The van der Waals surface area contributed by atoms with Gasteiger partial charge in [-0.05, 0) is 39.3 Å². The van der Waals surface area contributed by atoms with Gasteiger partial charge in [0.1, 0.15) is 0 Å². The average molecular weight is 225 g/mol. The van der Waals surface area contributed by atoms with Gasteiger partial charge < -0.3 is 5.73 Å². The lowest BCUT2D eigenvalue weighted by Gasteiger charge is -2.42. The quantitative estimate of drug-likeness (QED) is 0.846. The van der Waals surface area contributed by atoms with Crippen molar-refractivity contribution in [1.82, 2.24) is 9.88 Å². The van der Waals surface area contributed by atoms with Crippen LogP contribution in [0.2, 0.25) is 0 Å². The van der Waals surface area contributed by atoms with Gasteiger partial charge in [0.05, 0.1) is 11.2 Å². The Morgan fingerprint density at radius 2 is 2.40 bits per heavy atom. The number of nitrogens with zero attached hydrogens (tertiary/aromatic N) is 2. The number of hydrogen-bond acceptors (Lipinski definition) is 4. The Bertz CT molecular complexity index is 321. The van der Waals surface area contributed by atoms with E-state index in [1.807, 2.05) is 5.51 Å². The summed E-state index contributed by atoms with van der Waals surface area (Å²) >= 11 is 1.75. The fourth-order valence-corrected chi connectivity index (χ4v) is 3.07. The Kier molecular flexibility index (Phi) is 3.38. The molecule has 0 bridgehead atoms. The van der Waals surface area contributed by atoms with E-state index in [1.165, 1.54) is 23.4 Å². The van der Waals surface area contributed by atoms with E-state index in [0.717, 1.165) is 13.1 Å². The Balaban J connectivity index is 1.92. The molecule has 4 heteroatoms. The van der Waals surface area contributed by atoms with Gasteiger partial charge in [0.25, 0.3) is 0 Å². The molecule has 2 rings (SSSR count). The van der Waals surface area contributed by atoms with Crippen LogP contribution in [0.5, 0.6) is 0 Å². The molecular weight excluding hydrogens is 206 g/mol. The van der Waals surface area contributed by atoms with Gasteiger partial charge in [0, 0.05) is 17.5 Å². The molecule has 1 heterocycles. The summed E-state index contributed by atoms with van der Waals surface area (Å²) < 4.78 is 0. The molecule has 1 aliphatic rings. The molecule has 2 atom stereocenters. The highest BCUT2D eigenvalue weighted by molar-refractivity contribution is 7.09. The molecule has 0 aromatic carbocycles. The van der Waals surface area contributed by atoms with E-state index in [9.17, 15) is 0 Å². The van der Waals surface area contributed by atoms with Crippen LogP contribution in [0.1, 0.15) is 23.4 Å². The van der Waals surface area contributed by atoms with E-state index in [0.29, 0.717) is 12.0 Å². The molecule has 0 saturated heterocycles. The topological polar surface area (TPSA) is 42.2 Å². The van der Waals surface area contributed by atoms with Gasteiger partial charge in [-0.1, -0.05) is 0 Å². The first-order valence-electron chi connectivity index (χ1n) is 5.51. The molecule has 2 unspecified atom stereocenters. The fourth-order valence-electron chi connectivity index (χ4n) is 2.23.